The van der Waals surface area contributed by atoms with E-state index in [-0.39, 0.29) is 23.9 Å². The highest BCUT2D eigenvalue weighted by atomic mass is 16.2. The maximum atomic E-state index is 13.0. The van der Waals surface area contributed by atoms with Crippen molar-refractivity contribution in [3.8, 4) is 0 Å². The van der Waals surface area contributed by atoms with Crippen LogP contribution in [0, 0.1) is 0 Å². The zero-order chi connectivity index (χ0) is 18.4. The number of pyridine rings is 1. The molecular weight excluding hydrogens is 340 g/mol. The largest absolute Gasteiger partial charge is 0.329 e. The van der Waals surface area contributed by atoms with Crippen LogP contribution in [0.3, 0.4) is 0 Å². The first-order chi connectivity index (χ1) is 13.2. The molecule has 5 rings (SSSR count). The smallest absolute Gasteiger partial charge is 0.247 e. The zero-order valence-corrected chi connectivity index (χ0v) is 15.4. The normalized spacial score (nSPS) is 26.2. The van der Waals surface area contributed by atoms with Crippen molar-refractivity contribution in [1.82, 2.24) is 19.7 Å². The van der Waals surface area contributed by atoms with Gasteiger partial charge in [0.1, 0.15) is 12.1 Å². The van der Waals surface area contributed by atoms with Gasteiger partial charge in [0, 0.05) is 38.1 Å². The third-order valence-electron chi connectivity index (χ3n) is 6.15. The minimum atomic E-state index is -0.332. The van der Waals surface area contributed by atoms with E-state index in [9.17, 15) is 9.59 Å². The number of piperidine rings is 1. The van der Waals surface area contributed by atoms with E-state index in [1.165, 1.54) is 0 Å². The molecule has 0 radical (unpaired) electrons. The average molecular weight is 364 g/mol. The Morgan fingerprint density at radius 2 is 1.70 bits per heavy atom. The molecule has 27 heavy (non-hydrogen) atoms. The molecular formula is C21H24N4O2. The van der Waals surface area contributed by atoms with Gasteiger partial charge in [-0.2, -0.15) is 0 Å². The molecule has 1 aromatic carbocycles. The molecule has 0 N–H and O–H groups in total. The van der Waals surface area contributed by atoms with Crippen LogP contribution in [0.25, 0.3) is 10.9 Å². The van der Waals surface area contributed by atoms with Crippen LogP contribution in [0.15, 0.2) is 36.4 Å². The third kappa shape index (κ3) is 2.88. The van der Waals surface area contributed by atoms with Gasteiger partial charge in [-0.3, -0.25) is 19.5 Å². The molecule has 1 aromatic heterocycles. The third-order valence-corrected chi connectivity index (χ3v) is 6.15. The summed E-state index contributed by atoms with van der Waals surface area (Å²) in [5, 5.41) is 1.13. The first kappa shape index (κ1) is 16.7. The van der Waals surface area contributed by atoms with Crippen molar-refractivity contribution in [2.24, 2.45) is 0 Å². The summed E-state index contributed by atoms with van der Waals surface area (Å²) in [7, 11) is 0. The molecule has 4 heterocycles. The molecule has 0 bridgehead atoms. The molecule has 0 spiro atoms. The minimum absolute atomic E-state index is 0.135. The Labute approximate surface area is 158 Å². The number of piperazine rings is 2. The fraction of sp³-hybridized carbons (Fsp3) is 0.476. The molecule has 6 heteroatoms. The summed E-state index contributed by atoms with van der Waals surface area (Å²) in [6.45, 7) is 3.46. The van der Waals surface area contributed by atoms with Gasteiger partial charge in [-0.05, 0) is 31.4 Å². The lowest BCUT2D eigenvalue weighted by molar-refractivity contribution is -0.167. The van der Waals surface area contributed by atoms with E-state index < -0.39 is 0 Å². The second kappa shape index (κ2) is 6.60. The molecule has 6 nitrogen and oxygen atoms in total. The molecule has 3 saturated heterocycles. The predicted octanol–water partition coefficient (Wildman–Crippen LogP) is 1.64. The van der Waals surface area contributed by atoms with Gasteiger partial charge < -0.3 is 9.80 Å². The first-order valence-electron chi connectivity index (χ1n) is 9.89. The molecule has 0 saturated carbocycles. The van der Waals surface area contributed by atoms with Crippen molar-refractivity contribution < 1.29 is 9.59 Å². The Balaban J connectivity index is 1.33. The number of aromatic nitrogens is 1. The van der Waals surface area contributed by atoms with Crippen LogP contribution in [-0.2, 0) is 16.1 Å². The number of para-hydroxylation sites is 1. The van der Waals surface area contributed by atoms with Crippen LogP contribution < -0.4 is 0 Å². The molecule has 140 valence electrons. The number of hydrogen-bond donors (Lipinski definition) is 0. The monoisotopic (exact) mass is 364 g/mol. The van der Waals surface area contributed by atoms with Crippen molar-refractivity contribution in [3.63, 3.8) is 0 Å². The highest BCUT2D eigenvalue weighted by Crippen LogP contribution is 2.28. The summed E-state index contributed by atoms with van der Waals surface area (Å²) >= 11 is 0. The van der Waals surface area contributed by atoms with Crippen molar-refractivity contribution in [1.29, 1.82) is 0 Å². The summed E-state index contributed by atoms with van der Waals surface area (Å²) in [6, 6.07) is 11.7. The van der Waals surface area contributed by atoms with Crippen molar-refractivity contribution >= 4 is 22.7 Å². The van der Waals surface area contributed by atoms with Gasteiger partial charge in [-0.1, -0.05) is 24.3 Å². The number of nitrogens with zero attached hydrogens (tertiary/aromatic N) is 4. The van der Waals surface area contributed by atoms with Crippen molar-refractivity contribution in [3.05, 3.63) is 42.1 Å². The number of hydrogen-bond acceptors (Lipinski definition) is 4. The lowest BCUT2D eigenvalue weighted by Crippen LogP contribution is -2.70. The number of carbonyl (C=O) groups excluding carboxylic acids is 2. The summed E-state index contributed by atoms with van der Waals surface area (Å²) in [4.78, 5) is 36.5. The Hall–Kier alpha value is -2.47. The second-order valence-corrected chi connectivity index (χ2v) is 7.82. The quantitative estimate of drug-likeness (QED) is 0.813. The Kier molecular flexibility index (Phi) is 4.08. The van der Waals surface area contributed by atoms with Crippen LogP contribution in [0.2, 0.25) is 0 Å². The standard InChI is InChI=1S/C21H24N4O2/c26-20-18-7-3-4-10-24(18)21(27)19-14-23(11-12-25(19)20)13-16-9-8-15-5-1-2-6-17(15)22-16/h1-2,5-6,8-9,18-19H,3-4,7,10-14H2. The van der Waals surface area contributed by atoms with E-state index >= 15 is 0 Å². The molecule has 3 fully saturated rings. The van der Waals surface area contributed by atoms with Crippen LogP contribution in [0.1, 0.15) is 25.0 Å². The highest BCUT2D eigenvalue weighted by Gasteiger charge is 2.48. The Bertz CT molecular complexity index is 899. The average Bonchev–Trinajstić information content (AvgIpc) is 2.72. The summed E-state index contributed by atoms with van der Waals surface area (Å²) in [5.41, 5.74) is 2.00. The van der Waals surface area contributed by atoms with E-state index in [0.717, 1.165) is 48.9 Å². The summed E-state index contributed by atoms with van der Waals surface area (Å²) in [6.07, 6.45) is 2.87. The fourth-order valence-electron chi connectivity index (χ4n) is 4.72. The number of benzene rings is 1. The predicted molar refractivity (Wildman–Crippen MR) is 102 cm³/mol. The number of rotatable bonds is 2. The minimum Gasteiger partial charge on any atom is -0.329 e. The van der Waals surface area contributed by atoms with Gasteiger partial charge in [-0.25, -0.2) is 0 Å². The van der Waals surface area contributed by atoms with E-state index in [1.54, 1.807) is 0 Å². The van der Waals surface area contributed by atoms with Gasteiger partial charge in [0.2, 0.25) is 11.8 Å². The zero-order valence-electron chi connectivity index (χ0n) is 15.4. The molecule has 2 aromatic rings. The number of carbonyl (C=O) groups is 2. The van der Waals surface area contributed by atoms with Gasteiger partial charge in [0.25, 0.3) is 0 Å². The van der Waals surface area contributed by atoms with Gasteiger partial charge >= 0.3 is 0 Å². The van der Waals surface area contributed by atoms with Crippen molar-refractivity contribution in [2.45, 2.75) is 37.9 Å². The van der Waals surface area contributed by atoms with Gasteiger partial charge in [0.15, 0.2) is 0 Å². The topological polar surface area (TPSA) is 56.8 Å². The molecule has 2 amide bonds. The number of amides is 2. The van der Waals surface area contributed by atoms with Crippen LogP contribution >= 0.6 is 0 Å². The Morgan fingerprint density at radius 3 is 2.63 bits per heavy atom. The molecule has 0 aliphatic carbocycles. The lowest BCUT2D eigenvalue weighted by Gasteiger charge is -2.50. The highest BCUT2D eigenvalue weighted by molar-refractivity contribution is 5.97. The molecule has 3 aliphatic heterocycles. The van der Waals surface area contributed by atoms with Gasteiger partial charge in [-0.15, -0.1) is 0 Å². The summed E-state index contributed by atoms with van der Waals surface area (Å²) in [5.74, 6) is 0.290. The second-order valence-electron chi connectivity index (χ2n) is 7.82. The van der Waals surface area contributed by atoms with E-state index in [0.29, 0.717) is 19.6 Å². The maximum Gasteiger partial charge on any atom is 0.247 e. The first-order valence-corrected chi connectivity index (χ1v) is 9.89. The van der Waals surface area contributed by atoms with E-state index in [4.69, 9.17) is 4.98 Å². The maximum absolute atomic E-state index is 13.0. The van der Waals surface area contributed by atoms with E-state index in [2.05, 4.69) is 23.1 Å². The molecule has 2 atom stereocenters. The molecule has 2 unspecified atom stereocenters. The number of fused-ring (bicyclic) bond motifs is 3. The SMILES string of the molecule is O=C1C2CN(Cc3ccc4ccccc4n3)CCN2C(=O)C2CCCCN12. The summed E-state index contributed by atoms with van der Waals surface area (Å²) < 4.78 is 0. The van der Waals surface area contributed by atoms with Crippen molar-refractivity contribution in [2.75, 3.05) is 26.2 Å². The van der Waals surface area contributed by atoms with Gasteiger partial charge in [0.05, 0.1) is 11.2 Å². The fourth-order valence-corrected chi connectivity index (χ4v) is 4.72. The van der Waals surface area contributed by atoms with Crippen LogP contribution in [0.4, 0.5) is 0 Å². The Morgan fingerprint density at radius 1 is 0.889 bits per heavy atom. The van der Waals surface area contributed by atoms with Crippen LogP contribution in [0.5, 0.6) is 0 Å². The van der Waals surface area contributed by atoms with Crippen LogP contribution in [-0.4, -0.2) is 69.8 Å². The molecule has 3 aliphatic rings. The van der Waals surface area contributed by atoms with E-state index in [1.807, 2.05) is 28.0 Å². The lowest BCUT2D eigenvalue weighted by atomic mass is 9.94.